The number of likely N-dealkylation sites (N-methyl/N-ethyl adjacent to an activating group) is 1. The summed E-state index contributed by atoms with van der Waals surface area (Å²) in [5.74, 6) is 0.941. The summed E-state index contributed by atoms with van der Waals surface area (Å²) in [6, 6.07) is 8.97. The fourth-order valence-corrected chi connectivity index (χ4v) is 2.14. The van der Waals surface area contributed by atoms with Crippen LogP contribution in [0.1, 0.15) is 37.8 Å². The molecule has 0 heterocycles. The number of nitrogens with two attached hydrogens (primary N) is 1. The van der Waals surface area contributed by atoms with Gasteiger partial charge in [0.1, 0.15) is 12.4 Å². The molecule has 3 nitrogen and oxygen atoms in total. The van der Waals surface area contributed by atoms with Crippen molar-refractivity contribution in [2.45, 2.75) is 38.3 Å². The minimum Gasteiger partial charge on any atom is -0.492 e. The van der Waals surface area contributed by atoms with Crippen LogP contribution in [-0.4, -0.2) is 31.1 Å². The number of para-hydroxylation sites is 1. The van der Waals surface area contributed by atoms with Gasteiger partial charge >= 0.3 is 0 Å². The van der Waals surface area contributed by atoms with Gasteiger partial charge in [-0.15, -0.1) is 0 Å². The van der Waals surface area contributed by atoms with E-state index >= 15 is 0 Å². The summed E-state index contributed by atoms with van der Waals surface area (Å²) in [6.07, 6.45) is 3.62. The first-order chi connectivity index (χ1) is 8.72. The molecule has 1 aromatic carbocycles. The Hall–Kier alpha value is -1.06. The van der Waals surface area contributed by atoms with E-state index in [2.05, 4.69) is 24.9 Å². The zero-order valence-electron chi connectivity index (χ0n) is 11.4. The molecule has 0 bridgehead atoms. The van der Waals surface area contributed by atoms with Gasteiger partial charge in [-0.05, 0) is 32.4 Å². The van der Waals surface area contributed by atoms with E-state index in [1.807, 2.05) is 18.2 Å². The van der Waals surface area contributed by atoms with E-state index in [9.17, 15) is 0 Å². The van der Waals surface area contributed by atoms with Crippen molar-refractivity contribution in [3.8, 4) is 5.75 Å². The lowest BCUT2D eigenvalue weighted by atomic mass is 10.0. The lowest BCUT2D eigenvalue weighted by molar-refractivity contribution is 0.230. The van der Waals surface area contributed by atoms with Gasteiger partial charge in [0.05, 0.1) is 0 Å². The molecule has 3 heteroatoms. The maximum absolute atomic E-state index is 6.09. The molecule has 1 aliphatic carbocycles. The Labute approximate surface area is 110 Å². The molecule has 2 N–H and O–H groups in total. The van der Waals surface area contributed by atoms with Crippen LogP contribution in [-0.2, 0) is 0 Å². The van der Waals surface area contributed by atoms with E-state index in [4.69, 9.17) is 10.5 Å². The third-order valence-corrected chi connectivity index (χ3v) is 3.63. The van der Waals surface area contributed by atoms with Crippen LogP contribution in [0, 0.1) is 0 Å². The Morgan fingerprint density at radius 3 is 2.78 bits per heavy atom. The standard InChI is InChI=1S/C15H24N2O/c1-3-14(16)13-6-4-5-7-15(13)18-11-10-17(2)12-8-9-12/h4-7,12,14H,3,8-11,16H2,1-2H3/t14-/m0/s1. The van der Waals surface area contributed by atoms with Crippen LogP contribution >= 0.6 is 0 Å². The van der Waals surface area contributed by atoms with Crippen LogP contribution in [0.2, 0.25) is 0 Å². The number of benzene rings is 1. The number of nitrogens with zero attached hydrogens (tertiary/aromatic N) is 1. The van der Waals surface area contributed by atoms with E-state index in [1.54, 1.807) is 0 Å². The number of rotatable bonds is 7. The minimum absolute atomic E-state index is 0.0716. The van der Waals surface area contributed by atoms with Crippen LogP contribution in [0.3, 0.4) is 0 Å². The fraction of sp³-hybridized carbons (Fsp3) is 0.600. The summed E-state index contributed by atoms with van der Waals surface area (Å²) >= 11 is 0. The van der Waals surface area contributed by atoms with Crippen LogP contribution < -0.4 is 10.5 Å². The summed E-state index contributed by atoms with van der Waals surface area (Å²) in [4.78, 5) is 2.38. The summed E-state index contributed by atoms with van der Waals surface area (Å²) in [7, 11) is 2.17. The fourth-order valence-electron chi connectivity index (χ4n) is 2.14. The maximum Gasteiger partial charge on any atom is 0.124 e. The van der Waals surface area contributed by atoms with Gasteiger partial charge in [0.15, 0.2) is 0 Å². The molecule has 1 atom stereocenters. The van der Waals surface area contributed by atoms with E-state index < -0.39 is 0 Å². The molecule has 0 aliphatic heterocycles. The summed E-state index contributed by atoms with van der Waals surface area (Å²) in [6.45, 7) is 3.82. The normalized spacial score (nSPS) is 16.9. The monoisotopic (exact) mass is 248 g/mol. The van der Waals surface area contributed by atoms with Crippen molar-refractivity contribution in [1.82, 2.24) is 4.90 Å². The molecular formula is C15H24N2O. The van der Waals surface area contributed by atoms with Crippen molar-refractivity contribution < 1.29 is 4.74 Å². The molecule has 18 heavy (non-hydrogen) atoms. The molecule has 1 fully saturated rings. The average Bonchev–Trinajstić information content (AvgIpc) is 3.22. The average molecular weight is 248 g/mol. The van der Waals surface area contributed by atoms with Gasteiger partial charge in [-0.2, -0.15) is 0 Å². The molecule has 0 amide bonds. The number of ether oxygens (including phenoxy) is 1. The summed E-state index contributed by atoms with van der Waals surface area (Å²) in [5, 5.41) is 0. The Morgan fingerprint density at radius 2 is 2.11 bits per heavy atom. The highest BCUT2D eigenvalue weighted by Gasteiger charge is 2.25. The van der Waals surface area contributed by atoms with Gasteiger partial charge < -0.3 is 15.4 Å². The van der Waals surface area contributed by atoms with Crippen molar-refractivity contribution in [3.05, 3.63) is 29.8 Å². The van der Waals surface area contributed by atoms with Crippen LogP contribution in [0.5, 0.6) is 5.75 Å². The van der Waals surface area contributed by atoms with Gasteiger partial charge in [0.2, 0.25) is 0 Å². The smallest absolute Gasteiger partial charge is 0.124 e. The van der Waals surface area contributed by atoms with E-state index in [-0.39, 0.29) is 6.04 Å². The van der Waals surface area contributed by atoms with E-state index in [1.165, 1.54) is 12.8 Å². The molecule has 0 spiro atoms. The molecule has 0 radical (unpaired) electrons. The van der Waals surface area contributed by atoms with Crippen LogP contribution in [0.25, 0.3) is 0 Å². The van der Waals surface area contributed by atoms with Crippen molar-refractivity contribution in [1.29, 1.82) is 0 Å². The van der Waals surface area contributed by atoms with Crippen LogP contribution in [0.15, 0.2) is 24.3 Å². The highest BCUT2D eigenvalue weighted by atomic mass is 16.5. The van der Waals surface area contributed by atoms with Gasteiger partial charge in [-0.1, -0.05) is 25.1 Å². The molecule has 2 rings (SSSR count). The second kappa shape index (κ2) is 6.21. The lowest BCUT2D eigenvalue weighted by Crippen LogP contribution is -2.26. The zero-order valence-corrected chi connectivity index (χ0v) is 11.4. The number of hydrogen-bond acceptors (Lipinski definition) is 3. The quantitative estimate of drug-likeness (QED) is 0.806. The van der Waals surface area contributed by atoms with Crippen molar-refractivity contribution in [2.75, 3.05) is 20.2 Å². The predicted molar refractivity (Wildman–Crippen MR) is 74.8 cm³/mol. The molecule has 0 saturated heterocycles. The SMILES string of the molecule is CC[C@H](N)c1ccccc1OCCN(C)C1CC1. The molecule has 1 saturated carbocycles. The molecule has 1 aliphatic rings. The first-order valence-electron chi connectivity index (χ1n) is 6.90. The predicted octanol–water partition coefficient (Wildman–Crippen LogP) is 2.57. The summed E-state index contributed by atoms with van der Waals surface area (Å²) in [5.41, 5.74) is 7.21. The molecule has 1 aromatic rings. The van der Waals surface area contributed by atoms with Crippen molar-refractivity contribution >= 4 is 0 Å². The van der Waals surface area contributed by atoms with Gasteiger partial charge in [0.25, 0.3) is 0 Å². The molecular weight excluding hydrogens is 224 g/mol. The third-order valence-electron chi connectivity index (χ3n) is 3.63. The highest BCUT2D eigenvalue weighted by Crippen LogP contribution is 2.26. The van der Waals surface area contributed by atoms with Gasteiger partial charge in [0, 0.05) is 24.2 Å². The number of hydrogen-bond donors (Lipinski definition) is 1. The first-order valence-corrected chi connectivity index (χ1v) is 6.90. The van der Waals surface area contributed by atoms with Crippen molar-refractivity contribution in [3.63, 3.8) is 0 Å². The summed E-state index contributed by atoms with van der Waals surface area (Å²) < 4.78 is 5.89. The Bertz CT molecular complexity index is 377. The first kappa shape index (κ1) is 13.4. The topological polar surface area (TPSA) is 38.5 Å². The molecule has 100 valence electrons. The van der Waals surface area contributed by atoms with Crippen LogP contribution in [0.4, 0.5) is 0 Å². The van der Waals surface area contributed by atoms with Gasteiger partial charge in [-0.3, -0.25) is 0 Å². The highest BCUT2D eigenvalue weighted by molar-refractivity contribution is 5.35. The second-order valence-corrected chi connectivity index (χ2v) is 5.11. The van der Waals surface area contributed by atoms with E-state index in [0.29, 0.717) is 0 Å². The second-order valence-electron chi connectivity index (χ2n) is 5.11. The van der Waals surface area contributed by atoms with Gasteiger partial charge in [-0.25, -0.2) is 0 Å². The Balaban J connectivity index is 1.87. The van der Waals surface area contributed by atoms with Crippen molar-refractivity contribution in [2.24, 2.45) is 5.73 Å². The lowest BCUT2D eigenvalue weighted by Gasteiger charge is -2.18. The van der Waals surface area contributed by atoms with E-state index in [0.717, 1.165) is 36.9 Å². The maximum atomic E-state index is 6.09. The Kier molecular flexibility index (Phi) is 4.61. The molecule has 0 unspecified atom stereocenters. The zero-order chi connectivity index (χ0) is 13.0. The Morgan fingerprint density at radius 1 is 1.39 bits per heavy atom. The minimum atomic E-state index is 0.0716. The third kappa shape index (κ3) is 3.47. The molecule has 0 aromatic heterocycles. The largest absolute Gasteiger partial charge is 0.492 e.